The third-order valence-electron chi connectivity index (χ3n) is 0.0667. The zero-order chi connectivity index (χ0) is 4.28. The van der Waals surface area contributed by atoms with Gasteiger partial charge >= 0.3 is 44.0 Å². The quantitative estimate of drug-likeness (QED) is 0.443. The van der Waals surface area contributed by atoms with Gasteiger partial charge in [-0.15, -0.1) is 0 Å². The van der Waals surface area contributed by atoms with E-state index in [2.05, 4.69) is 2.89 Å². The fourth-order valence-electron chi connectivity index (χ4n) is 0. The summed E-state index contributed by atoms with van der Waals surface area (Å²) >= 11 is 1.17. The second kappa shape index (κ2) is 3.30. The van der Waals surface area contributed by atoms with Crippen molar-refractivity contribution in [2.45, 2.75) is 0 Å². The van der Waals surface area contributed by atoms with Crippen molar-refractivity contribution >= 4 is 31.3 Å². The van der Waals surface area contributed by atoms with Gasteiger partial charge in [-0.25, -0.2) is 0 Å². The maximum atomic E-state index is 7.76. The monoisotopic (exact) mass is 211 g/mol. The Morgan fingerprint density at radius 2 is 1.80 bits per heavy atom. The van der Waals surface area contributed by atoms with E-state index in [-0.39, 0.29) is 0 Å². The molecule has 0 aliphatic carbocycles. The van der Waals surface area contributed by atoms with Gasteiger partial charge in [0.15, 0.2) is 0 Å². The van der Waals surface area contributed by atoms with Crippen LogP contribution in [-0.4, -0.2) is 32.5 Å². The van der Waals surface area contributed by atoms with Crippen molar-refractivity contribution in [2.75, 3.05) is 0 Å². The van der Waals surface area contributed by atoms with Crippen molar-refractivity contribution in [2.24, 2.45) is 0 Å². The van der Waals surface area contributed by atoms with Gasteiger partial charge in [0.25, 0.3) is 0 Å². The van der Waals surface area contributed by atoms with E-state index in [9.17, 15) is 0 Å². The Morgan fingerprint density at radius 1 is 1.60 bits per heavy atom. The zero-order valence-electron chi connectivity index (χ0n) is 2.16. The topological polar surface area (TPSA) is 49.7 Å². The first-order valence-electron chi connectivity index (χ1n) is 0.749. The Hall–Kier alpha value is 1.10. The van der Waals surface area contributed by atoms with Gasteiger partial charge in [0.1, 0.15) is 0 Å². The fraction of sp³-hybridized carbons (Fsp3) is 0. The molecular weight excluding hydrogens is 207 g/mol. The number of rotatable bonds is 1. The van der Waals surface area contributed by atoms with E-state index in [1.165, 1.54) is 22.7 Å². The van der Waals surface area contributed by atoms with Gasteiger partial charge in [-0.05, 0) is 0 Å². The molecule has 3 nitrogen and oxygen atoms in total. The standard InChI is InChI=1S/H2O3PTe/c1-4(2)3-5/h1-2H. The van der Waals surface area contributed by atoms with Gasteiger partial charge in [0.05, 0.1) is 0 Å². The molecule has 0 aromatic carbocycles. The van der Waals surface area contributed by atoms with Crippen LogP contribution in [0.5, 0.6) is 0 Å². The molecule has 0 bridgehead atoms. The minimum atomic E-state index is -2.09. The Kier molecular flexibility index (Phi) is 4.02. The molecule has 0 aliphatic heterocycles. The molecule has 0 aromatic rings. The van der Waals surface area contributed by atoms with Crippen LogP contribution in [0.15, 0.2) is 0 Å². The molecule has 0 atom stereocenters. The van der Waals surface area contributed by atoms with Crippen LogP contribution in [0.1, 0.15) is 0 Å². The van der Waals surface area contributed by atoms with Crippen LogP contribution in [0.2, 0.25) is 0 Å². The number of hydrogen-bond donors (Lipinski definition) is 2. The predicted octanol–water partition coefficient (Wildman–Crippen LogP) is -0.702. The van der Waals surface area contributed by atoms with E-state index in [0.29, 0.717) is 0 Å². The summed E-state index contributed by atoms with van der Waals surface area (Å²) in [7, 11) is -2.09. The van der Waals surface area contributed by atoms with Crippen molar-refractivity contribution in [3.63, 3.8) is 0 Å². The van der Waals surface area contributed by atoms with Gasteiger partial charge in [-0.2, -0.15) is 0 Å². The van der Waals surface area contributed by atoms with Gasteiger partial charge in [-0.1, -0.05) is 0 Å². The van der Waals surface area contributed by atoms with E-state index in [0.717, 1.165) is 0 Å². The zero-order valence-corrected chi connectivity index (χ0v) is 5.38. The van der Waals surface area contributed by atoms with Crippen LogP contribution >= 0.6 is 8.60 Å². The summed E-state index contributed by atoms with van der Waals surface area (Å²) < 4.78 is 3.94. The predicted molar refractivity (Wildman–Crippen MR) is 18.2 cm³/mol. The van der Waals surface area contributed by atoms with Crippen molar-refractivity contribution in [3.8, 4) is 0 Å². The molecule has 0 fully saturated rings. The van der Waals surface area contributed by atoms with Gasteiger partial charge in [0.2, 0.25) is 0 Å². The van der Waals surface area contributed by atoms with E-state index in [1.807, 2.05) is 0 Å². The Labute approximate surface area is 44.4 Å². The summed E-state index contributed by atoms with van der Waals surface area (Å²) in [5, 5.41) is 0. The number of hydrogen-bond acceptors (Lipinski definition) is 3. The molecule has 0 saturated heterocycles. The van der Waals surface area contributed by atoms with Crippen molar-refractivity contribution in [1.29, 1.82) is 0 Å². The van der Waals surface area contributed by atoms with E-state index in [4.69, 9.17) is 9.79 Å². The SMILES string of the molecule is OP(O)O[Te]. The molecule has 2 N–H and O–H groups in total. The van der Waals surface area contributed by atoms with Gasteiger partial charge in [0, 0.05) is 0 Å². The van der Waals surface area contributed by atoms with Crippen LogP contribution in [0.25, 0.3) is 0 Å². The minimum absolute atomic E-state index is 1.17. The molecule has 31 valence electrons. The van der Waals surface area contributed by atoms with Crippen molar-refractivity contribution in [3.05, 3.63) is 0 Å². The summed E-state index contributed by atoms with van der Waals surface area (Å²) in [6.45, 7) is 0. The molecule has 0 aliphatic rings. The average molecular weight is 209 g/mol. The normalized spacial score (nSPS) is 9.60. The van der Waals surface area contributed by atoms with Crippen LogP contribution in [0.4, 0.5) is 0 Å². The average Bonchev–Trinajstić information content (AvgIpc) is 1.38. The summed E-state index contributed by atoms with van der Waals surface area (Å²) in [5.41, 5.74) is 0. The summed E-state index contributed by atoms with van der Waals surface area (Å²) in [4.78, 5) is 15.5. The van der Waals surface area contributed by atoms with E-state index < -0.39 is 8.60 Å². The molecule has 5 heteroatoms. The Balaban J connectivity index is 2.54. The van der Waals surface area contributed by atoms with Gasteiger partial charge < -0.3 is 0 Å². The fourth-order valence-corrected chi connectivity index (χ4v) is 0. The molecule has 5 heavy (non-hydrogen) atoms. The molecule has 0 heterocycles. The molecule has 0 rings (SSSR count). The first-order valence-corrected chi connectivity index (χ1v) is 2.87. The van der Waals surface area contributed by atoms with Crippen molar-refractivity contribution in [1.82, 2.24) is 0 Å². The second-order valence-electron chi connectivity index (χ2n) is 0.327. The van der Waals surface area contributed by atoms with E-state index >= 15 is 0 Å². The summed E-state index contributed by atoms with van der Waals surface area (Å²) in [5.74, 6) is 0. The van der Waals surface area contributed by atoms with Crippen LogP contribution in [-0.2, 0) is 2.89 Å². The molecule has 0 amide bonds. The first-order chi connectivity index (χ1) is 2.27. The van der Waals surface area contributed by atoms with Crippen LogP contribution in [0.3, 0.4) is 0 Å². The molecule has 0 unspecified atom stereocenters. The molecule has 0 spiro atoms. The first kappa shape index (κ1) is 6.10. The second-order valence-corrected chi connectivity index (χ2v) is 2.26. The van der Waals surface area contributed by atoms with Crippen LogP contribution in [0, 0.1) is 0 Å². The molecule has 0 aromatic heterocycles. The van der Waals surface area contributed by atoms with Crippen LogP contribution < -0.4 is 0 Å². The Bertz CT molecular complexity index is 20.9. The third-order valence-corrected chi connectivity index (χ3v) is 1.34. The molecule has 0 saturated carbocycles. The van der Waals surface area contributed by atoms with Crippen molar-refractivity contribution < 1.29 is 12.7 Å². The molecule has 1 radical (unpaired) electrons. The molecular formula is H2O3PTe. The third kappa shape index (κ3) is 5.10. The van der Waals surface area contributed by atoms with Gasteiger partial charge in [-0.3, -0.25) is 0 Å². The summed E-state index contributed by atoms with van der Waals surface area (Å²) in [6, 6.07) is 0. The Morgan fingerprint density at radius 3 is 1.80 bits per heavy atom. The maximum absolute atomic E-state index is 7.76. The summed E-state index contributed by atoms with van der Waals surface area (Å²) in [6.07, 6.45) is 0. The van der Waals surface area contributed by atoms with E-state index in [1.54, 1.807) is 0 Å².